The summed E-state index contributed by atoms with van der Waals surface area (Å²) >= 11 is 0. The van der Waals surface area contributed by atoms with Gasteiger partial charge in [-0.3, -0.25) is 14.7 Å². The second-order valence-electron chi connectivity index (χ2n) is 6.97. The quantitative estimate of drug-likeness (QED) is 0.566. The Kier molecular flexibility index (Phi) is 6.73. The number of hydrazone groups is 1. The van der Waals surface area contributed by atoms with Gasteiger partial charge in [-0.1, -0.05) is 23.8 Å². The molecule has 1 N–H and O–H groups in total. The lowest BCUT2D eigenvalue weighted by Gasteiger charge is -2.33. The van der Waals surface area contributed by atoms with Crippen LogP contribution in [0.25, 0.3) is 0 Å². The number of nitrogens with zero attached hydrogens (tertiary/aromatic N) is 4. The van der Waals surface area contributed by atoms with Crippen molar-refractivity contribution >= 4 is 21.6 Å². The number of sulfonamides is 1. The molecule has 1 aromatic heterocycles. The smallest absolute Gasteiger partial charge is 0.254 e. The molecule has 29 heavy (non-hydrogen) atoms. The van der Waals surface area contributed by atoms with Gasteiger partial charge in [0.1, 0.15) is 0 Å². The van der Waals surface area contributed by atoms with Gasteiger partial charge >= 0.3 is 0 Å². The molecule has 1 amide bonds. The maximum Gasteiger partial charge on any atom is 0.254 e. The zero-order chi connectivity index (χ0) is 20.9. The van der Waals surface area contributed by atoms with Gasteiger partial charge in [-0.25, -0.2) is 13.8 Å². The summed E-state index contributed by atoms with van der Waals surface area (Å²) in [6, 6.07) is 10.5. The summed E-state index contributed by atoms with van der Waals surface area (Å²) in [7, 11) is -3.50. The van der Waals surface area contributed by atoms with Gasteiger partial charge in [-0.05, 0) is 32.0 Å². The first-order chi connectivity index (χ1) is 13.9. The minimum atomic E-state index is -3.50. The van der Waals surface area contributed by atoms with Gasteiger partial charge in [0.05, 0.1) is 17.2 Å². The van der Waals surface area contributed by atoms with Gasteiger partial charge < -0.3 is 0 Å². The van der Waals surface area contributed by atoms with Crippen LogP contribution in [0.2, 0.25) is 0 Å². The van der Waals surface area contributed by atoms with E-state index in [0.717, 1.165) is 11.1 Å². The Labute approximate surface area is 171 Å². The second-order valence-corrected chi connectivity index (χ2v) is 8.91. The third-order valence-electron chi connectivity index (χ3n) is 4.78. The van der Waals surface area contributed by atoms with E-state index in [2.05, 4.69) is 15.5 Å². The van der Waals surface area contributed by atoms with Crippen LogP contribution in [0.4, 0.5) is 0 Å². The molecule has 0 radical (unpaired) electrons. The minimum Gasteiger partial charge on any atom is -0.292 e. The topological polar surface area (TPSA) is 95.0 Å². The standard InChI is InChI=1S/C20H25N5O3S/c1-16-5-7-19(8-6-16)29(27,28)25-12-10-24(11-13-25)15-20(26)23-22-17(2)18-4-3-9-21-14-18/h3-9,14H,10-13,15H2,1-2H3,(H,23,26). The van der Waals surface area contributed by atoms with Crippen LogP contribution in [0.3, 0.4) is 0 Å². The Morgan fingerprint density at radius 3 is 2.45 bits per heavy atom. The van der Waals surface area contributed by atoms with E-state index < -0.39 is 10.0 Å². The maximum absolute atomic E-state index is 12.7. The molecule has 2 aromatic rings. The highest BCUT2D eigenvalue weighted by molar-refractivity contribution is 7.89. The Morgan fingerprint density at radius 2 is 1.83 bits per heavy atom. The molecular weight excluding hydrogens is 390 g/mol. The minimum absolute atomic E-state index is 0.169. The number of carbonyl (C=O) groups excluding carboxylic acids is 1. The summed E-state index contributed by atoms with van der Waals surface area (Å²) in [6.45, 7) is 5.56. The van der Waals surface area contributed by atoms with Crippen molar-refractivity contribution in [3.63, 3.8) is 0 Å². The maximum atomic E-state index is 12.7. The fourth-order valence-corrected chi connectivity index (χ4v) is 4.44. The van der Waals surface area contributed by atoms with E-state index in [4.69, 9.17) is 0 Å². The monoisotopic (exact) mass is 415 g/mol. The van der Waals surface area contributed by atoms with Crippen LogP contribution >= 0.6 is 0 Å². The van der Waals surface area contributed by atoms with Gasteiger partial charge in [-0.2, -0.15) is 9.41 Å². The molecule has 1 saturated heterocycles. The number of pyridine rings is 1. The summed E-state index contributed by atoms with van der Waals surface area (Å²) < 4.78 is 27.0. The number of amides is 1. The summed E-state index contributed by atoms with van der Waals surface area (Å²) in [5.41, 5.74) is 5.07. The molecule has 0 aliphatic carbocycles. The average Bonchev–Trinajstić information content (AvgIpc) is 2.73. The summed E-state index contributed by atoms with van der Waals surface area (Å²) in [4.78, 5) is 18.4. The van der Waals surface area contributed by atoms with Crippen LogP contribution < -0.4 is 5.43 Å². The number of hydrogen-bond donors (Lipinski definition) is 1. The molecule has 0 unspecified atom stereocenters. The number of aromatic nitrogens is 1. The first-order valence-electron chi connectivity index (χ1n) is 9.39. The Morgan fingerprint density at radius 1 is 1.14 bits per heavy atom. The molecule has 0 atom stereocenters. The molecule has 2 heterocycles. The summed E-state index contributed by atoms with van der Waals surface area (Å²) in [6.07, 6.45) is 3.35. The molecule has 0 spiro atoms. The number of nitrogens with one attached hydrogen (secondary N) is 1. The number of benzene rings is 1. The van der Waals surface area contributed by atoms with Gasteiger partial charge in [0.2, 0.25) is 10.0 Å². The molecule has 3 rings (SSSR count). The van der Waals surface area contributed by atoms with Crippen LogP contribution in [0.1, 0.15) is 18.1 Å². The van der Waals surface area contributed by atoms with Crippen molar-refractivity contribution < 1.29 is 13.2 Å². The van der Waals surface area contributed by atoms with Crippen LogP contribution in [0.15, 0.2) is 58.8 Å². The Bertz CT molecular complexity index is 967. The van der Waals surface area contributed by atoms with Crippen molar-refractivity contribution in [2.45, 2.75) is 18.7 Å². The lowest BCUT2D eigenvalue weighted by Crippen LogP contribution is -2.50. The zero-order valence-electron chi connectivity index (χ0n) is 16.6. The third-order valence-corrected chi connectivity index (χ3v) is 6.70. The zero-order valence-corrected chi connectivity index (χ0v) is 17.4. The molecule has 1 aromatic carbocycles. The average molecular weight is 416 g/mol. The van der Waals surface area contributed by atoms with Gasteiger partial charge in [0.15, 0.2) is 0 Å². The predicted octanol–water partition coefficient (Wildman–Crippen LogP) is 1.24. The molecular formula is C20H25N5O3S. The highest BCUT2D eigenvalue weighted by Crippen LogP contribution is 2.18. The normalized spacial score (nSPS) is 16.6. The number of piperazine rings is 1. The van der Waals surface area contributed by atoms with Crippen molar-refractivity contribution in [3.8, 4) is 0 Å². The lowest BCUT2D eigenvalue weighted by molar-refractivity contribution is -0.122. The lowest BCUT2D eigenvalue weighted by atomic mass is 10.2. The molecule has 154 valence electrons. The fourth-order valence-electron chi connectivity index (χ4n) is 3.01. The number of hydrogen-bond acceptors (Lipinski definition) is 6. The van der Waals surface area contributed by atoms with Crippen molar-refractivity contribution in [1.29, 1.82) is 0 Å². The number of aryl methyl sites for hydroxylation is 1. The first kappa shape index (κ1) is 21.1. The fraction of sp³-hybridized carbons (Fsp3) is 0.350. The summed E-state index contributed by atoms with van der Waals surface area (Å²) in [5, 5.41) is 4.10. The highest BCUT2D eigenvalue weighted by atomic mass is 32.2. The van der Waals surface area contributed by atoms with E-state index in [9.17, 15) is 13.2 Å². The number of carbonyl (C=O) groups is 1. The van der Waals surface area contributed by atoms with E-state index in [1.807, 2.05) is 17.9 Å². The van der Waals surface area contributed by atoms with E-state index >= 15 is 0 Å². The van der Waals surface area contributed by atoms with Crippen molar-refractivity contribution in [2.24, 2.45) is 5.10 Å². The van der Waals surface area contributed by atoms with Crippen LogP contribution in [-0.2, 0) is 14.8 Å². The molecule has 1 aliphatic rings. The van der Waals surface area contributed by atoms with Crippen LogP contribution in [0.5, 0.6) is 0 Å². The molecule has 0 bridgehead atoms. The van der Waals surface area contributed by atoms with Gasteiger partial charge in [0, 0.05) is 44.1 Å². The number of rotatable bonds is 6. The van der Waals surface area contributed by atoms with Crippen molar-refractivity contribution in [1.82, 2.24) is 19.6 Å². The molecule has 0 saturated carbocycles. The summed E-state index contributed by atoms with van der Waals surface area (Å²) in [5.74, 6) is -0.233. The van der Waals surface area contributed by atoms with Gasteiger partial charge in [0.25, 0.3) is 5.91 Å². The first-order valence-corrected chi connectivity index (χ1v) is 10.8. The SMILES string of the molecule is CC(=NNC(=O)CN1CCN(S(=O)(=O)c2ccc(C)cc2)CC1)c1cccnc1. The molecule has 1 aliphatic heterocycles. The van der Waals surface area contributed by atoms with E-state index in [1.165, 1.54) is 4.31 Å². The van der Waals surface area contributed by atoms with Crippen LogP contribution in [-0.4, -0.2) is 66.9 Å². The third kappa shape index (κ3) is 5.47. The largest absolute Gasteiger partial charge is 0.292 e. The highest BCUT2D eigenvalue weighted by Gasteiger charge is 2.28. The van der Waals surface area contributed by atoms with Crippen molar-refractivity contribution in [2.75, 3.05) is 32.7 Å². The Balaban J connectivity index is 1.50. The van der Waals surface area contributed by atoms with Gasteiger partial charge in [-0.15, -0.1) is 0 Å². The second kappa shape index (κ2) is 9.25. The molecule has 1 fully saturated rings. The van der Waals surface area contributed by atoms with E-state index in [-0.39, 0.29) is 12.5 Å². The van der Waals surface area contributed by atoms with E-state index in [0.29, 0.717) is 36.8 Å². The van der Waals surface area contributed by atoms with Crippen molar-refractivity contribution in [3.05, 3.63) is 59.9 Å². The van der Waals surface area contributed by atoms with Crippen LogP contribution in [0, 0.1) is 6.92 Å². The van der Waals surface area contributed by atoms with E-state index in [1.54, 1.807) is 49.6 Å². The molecule has 8 nitrogen and oxygen atoms in total. The Hall–Kier alpha value is -2.62. The molecule has 9 heteroatoms. The predicted molar refractivity (Wildman–Crippen MR) is 111 cm³/mol.